The Morgan fingerprint density at radius 1 is 1.44 bits per heavy atom. The molecule has 18 heavy (non-hydrogen) atoms. The van der Waals surface area contributed by atoms with Crippen LogP contribution in [-0.2, 0) is 23.8 Å². The molecule has 1 aromatic heterocycles. The van der Waals surface area contributed by atoms with Gasteiger partial charge < -0.3 is 17.4 Å². The summed E-state index contributed by atoms with van der Waals surface area (Å²) >= 11 is 8.96. The maximum atomic E-state index is 11.1. The number of fused-ring (bicyclic) bond motifs is 1. The maximum Gasteiger partial charge on any atom is 0.130 e. The molecular formula is C14H13BrNOS-. The van der Waals surface area contributed by atoms with Crippen LogP contribution in [-0.4, -0.2) is 10.8 Å². The second kappa shape index (κ2) is 5.33. The third-order valence-electron chi connectivity index (χ3n) is 2.93. The Labute approximate surface area is 120 Å². The topological polar surface area (TPSA) is 30.0 Å². The lowest BCUT2D eigenvalue weighted by atomic mass is 10.0. The molecule has 0 aliphatic carbocycles. The summed E-state index contributed by atoms with van der Waals surface area (Å²) in [4.78, 5) is 16.5. The van der Waals surface area contributed by atoms with E-state index in [2.05, 4.69) is 20.9 Å². The van der Waals surface area contributed by atoms with Crippen LogP contribution in [0.3, 0.4) is 0 Å². The molecule has 0 N–H and O–H groups in total. The molecule has 1 heterocycles. The van der Waals surface area contributed by atoms with Crippen LogP contribution in [0.1, 0.15) is 24.6 Å². The van der Waals surface area contributed by atoms with Gasteiger partial charge in [0.1, 0.15) is 5.78 Å². The number of benzene rings is 1. The summed E-state index contributed by atoms with van der Waals surface area (Å²) in [5, 5.41) is 0.975. The number of halogens is 1. The Morgan fingerprint density at radius 3 is 2.83 bits per heavy atom. The highest BCUT2D eigenvalue weighted by Gasteiger charge is 2.06. The standard InChI is InChI=1S/C14H14BrNOS/c1-8(17)3-5-11-9(2)16-13-6-4-10(15)7-12(13)14(11)18/h4,6-7H,3,5H2,1-2H3,(H,16,18)/p-1. The van der Waals surface area contributed by atoms with Gasteiger partial charge in [0.25, 0.3) is 0 Å². The highest BCUT2D eigenvalue weighted by molar-refractivity contribution is 9.10. The van der Waals surface area contributed by atoms with Gasteiger partial charge in [-0.2, -0.15) is 4.90 Å². The van der Waals surface area contributed by atoms with E-state index in [9.17, 15) is 4.79 Å². The van der Waals surface area contributed by atoms with E-state index in [4.69, 9.17) is 12.6 Å². The number of pyridine rings is 1. The van der Waals surface area contributed by atoms with Gasteiger partial charge in [-0.15, -0.1) is 0 Å². The minimum absolute atomic E-state index is 0.179. The van der Waals surface area contributed by atoms with Crippen molar-refractivity contribution in [2.45, 2.75) is 31.6 Å². The fraction of sp³-hybridized carbons (Fsp3) is 0.286. The zero-order chi connectivity index (χ0) is 13.3. The van der Waals surface area contributed by atoms with E-state index >= 15 is 0 Å². The number of nitrogens with zero attached hydrogens (tertiary/aromatic N) is 1. The van der Waals surface area contributed by atoms with Gasteiger partial charge in [0.2, 0.25) is 0 Å². The Bertz CT molecular complexity index is 625. The fourth-order valence-electron chi connectivity index (χ4n) is 1.96. The van der Waals surface area contributed by atoms with E-state index in [1.807, 2.05) is 25.1 Å². The maximum absolute atomic E-state index is 11.1. The highest BCUT2D eigenvalue weighted by atomic mass is 79.9. The summed E-state index contributed by atoms with van der Waals surface area (Å²) < 4.78 is 0.990. The van der Waals surface area contributed by atoms with Gasteiger partial charge in [-0.1, -0.05) is 15.9 Å². The molecular weight excluding hydrogens is 310 g/mol. The SMILES string of the molecule is CC(=O)CCc1c(C)nc2ccc(Br)cc2c1[S-]. The third-order valence-corrected chi connectivity index (χ3v) is 3.89. The van der Waals surface area contributed by atoms with Crippen LogP contribution in [0.25, 0.3) is 10.9 Å². The van der Waals surface area contributed by atoms with Crippen molar-refractivity contribution in [1.82, 2.24) is 4.98 Å². The molecule has 0 saturated heterocycles. The molecule has 0 saturated carbocycles. The molecule has 0 bridgehead atoms. The molecule has 2 nitrogen and oxygen atoms in total. The number of ketones is 1. The molecule has 0 radical (unpaired) electrons. The van der Waals surface area contributed by atoms with E-state index in [-0.39, 0.29) is 5.78 Å². The zero-order valence-electron chi connectivity index (χ0n) is 10.3. The smallest absolute Gasteiger partial charge is 0.130 e. The van der Waals surface area contributed by atoms with Gasteiger partial charge >= 0.3 is 0 Å². The lowest BCUT2D eigenvalue weighted by molar-refractivity contribution is -0.116. The predicted molar refractivity (Wildman–Crippen MR) is 78.8 cm³/mol. The normalized spacial score (nSPS) is 10.8. The molecule has 4 heteroatoms. The summed E-state index contributed by atoms with van der Waals surface area (Å²) in [6.45, 7) is 3.55. The molecule has 0 aliphatic rings. The van der Waals surface area contributed by atoms with Crippen molar-refractivity contribution >= 4 is 45.2 Å². The van der Waals surface area contributed by atoms with Crippen LogP contribution in [0.15, 0.2) is 27.6 Å². The van der Waals surface area contributed by atoms with Crippen LogP contribution >= 0.6 is 15.9 Å². The van der Waals surface area contributed by atoms with Gasteiger partial charge in [0.15, 0.2) is 0 Å². The number of carbonyl (C=O) groups excluding carboxylic acids is 1. The fourth-order valence-corrected chi connectivity index (χ4v) is 2.73. The molecule has 0 amide bonds. The first-order valence-electron chi connectivity index (χ1n) is 5.74. The largest absolute Gasteiger partial charge is 0.779 e. The van der Waals surface area contributed by atoms with Crippen LogP contribution in [0, 0.1) is 6.92 Å². The number of aryl methyl sites for hydroxylation is 1. The number of aromatic nitrogens is 1. The Morgan fingerprint density at radius 2 is 2.17 bits per heavy atom. The van der Waals surface area contributed by atoms with Crippen LogP contribution in [0.4, 0.5) is 0 Å². The lowest BCUT2D eigenvalue weighted by Gasteiger charge is -2.19. The second-order valence-electron chi connectivity index (χ2n) is 4.37. The molecule has 0 fully saturated rings. The average molecular weight is 323 g/mol. The summed E-state index contributed by atoms with van der Waals surface area (Å²) in [6.07, 6.45) is 1.20. The number of carbonyl (C=O) groups is 1. The summed E-state index contributed by atoms with van der Waals surface area (Å²) in [5.41, 5.74) is 2.86. The van der Waals surface area contributed by atoms with Crippen molar-refractivity contribution in [2.24, 2.45) is 0 Å². The van der Waals surface area contributed by atoms with Crippen LogP contribution in [0.2, 0.25) is 0 Å². The molecule has 0 unspecified atom stereocenters. The highest BCUT2D eigenvalue weighted by Crippen LogP contribution is 2.26. The summed E-state index contributed by atoms with van der Waals surface area (Å²) in [6, 6.07) is 5.90. The number of hydrogen-bond donors (Lipinski definition) is 0. The first-order valence-corrected chi connectivity index (χ1v) is 6.94. The first kappa shape index (κ1) is 13.4. The Hall–Kier alpha value is -1.00. The molecule has 94 valence electrons. The molecule has 1 aromatic carbocycles. The van der Waals surface area contributed by atoms with Gasteiger partial charge in [0, 0.05) is 16.6 Å². The summed E-state index contributed by atoms with van der Waals surface area (Å²) in [5.74, 6) is 0.179. The van der Waals surface area contributed by atoms with E-state index in [1.165, 1.54) is 0 Å². The quantitative estimate of drug-likeness (QED) is 0.806. The number of hydrogen-bond acceptors (Lipinski definition) is 3. The Balaban J connectivity index is 2.56. The van der Waals surface area contributed by atoms with Gasteiger partial charge in [-0.05, 0) is 49.4 Å². The predicted octanol–water partition coefficient (Wildman–Crippen LogP) is 3.73. The molecule has 0 aliphatic heterocycles. The van der Waals surface area contributed by atoms with Crippen molar-refractivity contribution in [1.29, 1.82) is 0 Å². The number of rotatable bonds is 3. The van der Waals surface area contributed by atoms with Crippen molar-refractivity contribution in [3.8, 4) is 0 Å². The van der Waals surface area contributed by atoms with Crippen LogP contribution in [0.5, 0.6) is 0 Å². The summed E-state index contributed by atoms with van der Waals surface area (Å²) in [7, 11) is 0. The first-order chi connectivity index (χ1) is 8.49. The Kier molecular flexibility index (Phi) is 3.97. The molecule has 2 aromatic rings. The lowest BCUT2D eigenvalue weighted by Crippen LogP contribution is -2.01. The molecule has 0 atom stereocenters. The van der Waals surface area contributed by atoms with E-state index < -0.39 is 0 Å². The van der Waals surface area contributed by atoms with E-state index in [0.717, 1.165) is 31.5 Å². The van der Waals surface area contributed by atoms with Gasteiger partial charge in [-0.25, -0.2) is 0 Å². The van der Waals surface area contributed by atoms with Crippen LogP contribution < -0.4 is 0 Å². The average Bonchev–Trinajstić information content (AvgIpc) is 2.30. The van der Waals surface area contributed by atoms with Crippen molar-refractivity contribution in [3.63, 3.8) is 0 Å². The van der Waals surface area contributed by atoms with E-state index in [1.54, 1.807) is 6.92 Å². The number of Topliss-reactive ketones (excluding diaryl/α,β-unsaturated/α-hetero) is 1. The monoisotopic (exact) mass is 322 g/mol. The third kappa shape index (κ3) is 2.70. The van der Waals surface area contributed by atoms with Crippen molar-refractivity contribution in [2.75, 3.05) is 0 Å². The minimum atomic E-state index is 0.179. The minimum Gasteiger partial charge on any atom is -0.779 e. The van der Waals surface area contributed by atoms with Gasteiger partial charge in [-0.3, -0.25) is 4.98 Å². The van der Waals surface area contributed by atoms with Crippen molar-refractivity contribution in [3.05, 3.63) is 33.9 Å². The van der Waals surface area contributed by atoms with E-state index in [0.29, 0.717) is 12.8 Å². The second-order valence-corrected chi connectivity index (χ2v) is 5.69. The molecule has 2 rings (SSSR count). The zero-order valence-corrected chi connectivity index (χ0v) is 12.7. The van der Waals surface area contributed by atoms with Gasteiger partial charge in [0.05, 0.1) is 5.52 Å². The molecule has 0 spiro atoms. The van der Waals surface area contributed by atoms with Crippen molar-refractivity contribution < 1.29 is 4.79 Å².